The molecule has 0 saturated carbocycles. The van der Waals surface area contributed by atoms with Crippen LogP contribution in [0.4, 0.5) is 4.79 Å². The lowest BCUT2D eigenvalue weighted by Crippen LogP contribution is -2.38. The third-order valence-electron chi connectivity index (χ3n) is 3.63. The summed E-state index contributed by atoms with van der Waals surface area (Å²) in [4.78, 5) is 11.7. The van der Waals surface area contributed by atoms with Crippen molar-refractivity contribution in [2.45, 2.75) is 26.2 Å². The Balaban J connectivity index is 1.57. The van der Waals surface area contributed by atoms with Crippen LogP contribution in [0.15, 0.2) is 54.6 Å². The summed E-state index contributed by atoms with van der Waals surface area (Å²) in [5.74, 6) is 1.29. The highest BCUT2D eigenvalue weighted by atomic mass is 16.5. The van der Waals surface area contributed by atoms with E-state index in [1.54, 1.807) is 0 Å². The van der Waals surface area contributed by atoms with Crippen LogP contribution in [0.1, 0.15) is 25.3 Å². The van der Waals surface area contributed by atoms with Crippen molar-refractivity contribution in [3.8, 4) is 11.5 Å². The van der Waals surface area contributed by atoms with E-state index in [9.17, 15) is 4.79 Å². The molecule has 2 amide bonds. The van der Waals surface area contributed by atoms with Gasteiger partial charge < -0.3 is 20.1 Å². The summed E-state index contributed by atoms with van der Waals surface area (Å²) in [5, 5.41) is 5.51. The number of rotatable bonds is 10. The molecule has 134 valence electrons. The van der Waals surface area contributed by atoms with Gasteiger partial charge in [-0.1, -0.05) is 42.5 Å². The number of para-hydroxylation sites is 2. The molecule has 0 fully saturated rings. The van der Waals surface area contributed by atoms with Crippen molar-refractivity contribution < 1.29 is 14.3 Å². The minimum atomic E-state index is -0.228. The van der Waals surface area contributed by atoms with Gasteiger partial charge in [-0.3, -0.25) is 0 Å². The molecule has 2 N–H and O–H groups in total. The Morgan fingerprint density at radius 2 is 1.56 bits per heavy atom. The lowest BCUT2D eigenvalue weighted by atomic mass is 10.1. The van der Waals surface area contributed by atoms with Gasteiger partial charge in [-0.25, -0.2) is 4.79 Å². The van der Waals surface area contributed by atoms with E-state index >= 15 is 0 Å². The normalized spacial score (nSPS) is 10.1. The molecular formula is C20H26N2O3. The number of hydrogen-bond acceptors (Lipinski definition) is 3. The molecule has 25 heavy (non-hydrogen) atoms. The van der Waals surface area contributed by atoms with Crippen molar-refractivity contribution in [1.29, 1.82) is 0 Å². The number of amides is 2. The van der Waals surface area contributed by atoms with Crippen LogP contribution in [0, 0.1) is 0 Å². The maximum absolute atomic E-state index is 11.7. The number of nitrogens with one attached hydrogen (secondary N) is 2. The van der Waals surface area contributed by atoms with Gasteiger partial charge in [0.05, 0.1) is 6.61 Å². The molecule has 0 saturated heterocycles. The van der Waals surface area contributed by atoms with Crippen LogP contribution in [0.3, 0.4) is 0 Å². The van der Waals surface area contributed by atoms with E-state index in [4.69, 9.17) is 9.47 Å². The molecule has 2 aromatic rings. The Morgan fingerprint density at radius 1 is 0.880 bits per heavy atom. The molecule has 0 radical (unpaired) electrons. The van der Waals surface area contributed by atoms with Gasteiger partial charge >= 0.3 is 6.03 Å². The molecular weight excluding hydrogens is 316 g/mol. The molecule has 5 heteroatoms. The van der Waals surface area contributed by atoms with Gasteiger partial charge in [0.2, 0.25) is 0 Å². The summed E-state index contributed by atoms with van der Waals surface area (Å²) in [5.41, 5.74) is 1.33. The average molecular weight is 342 g/mol. The molecule has 2 rings (SSSR count). The topological polar surface area (TPSA) is 59.6 Å². The summed E-state index contributed by atoms with van der Waals surface area (Å²) in [7, 11) is 0. The molecule has 0 aliphatic rings. The van der Waals surface area contributed by atoms with E-state index in [0.717, 1.165) is 19.3 Å². The predicted octanol–water partition coefficient (Wildman–Crippen LogP) is 3.74. The van der Waals surface area contributed by atoms with Crippen molar-refractivity contribution in [2.24, 2.45) is 0 Å². The SMILES string of the molecule is CCOc1ccccc1OCNC(=O)NCCCCc1ccccc1. The fourth-order valence-electron chi connectivity index (χ4n) is 2.39. The maximum atomic E-state index is 11.7. The van der Waals surface area contributed by atoms with Gasteiger partial charge in [-0.05, 0) is 43.9 Å². The molecule has 0 spiro atoms. The Bertz CT molecular complexity index is 632. The van der Waals surface area contributed by atoms with Crippen molar-refractivity contribution in [1.82, 2.24) is 10.6 Å². The third kappa shape index (κ3) is 7.16. The summed E-state index contributed by atoms with van der Waals surface area (Å²) >= 11 is 0. The van der Waals surface area contributed by atoms with Gasteiger partial charge in [0.15, 0.2) is 18.2 Å². The van der Waals surface area contributed by atoms with E-state index in [0.29, 0.717) is 24.7 Å². The first-order valence-corrected chi connectivity index (χ1v) is 8.70. The second kappa shape index (κ2) is 11.0. The average Bonchev–Trinajstić information content (AvgIpc) is 2.64. The quantitative estimate of drug-likeness (QED) is 0.511. The highest BCUT2D eigenvalue weighted by molar-refractivity contribution is 5.73. The molecule has 0 unspecified atom stereocenters. The number of hydrogen-bond donors (Lipinski definition) is 2. The minimum Gasteiger partial charge on any atom is -0.490 e. The second-order valence-electron chi connectivity index (χ2n) is 5.54. The molecule has 0 atom stereocenters. The summed E-state index contributed by atoms with van der Waals surface area (Å²) in [6.07, 6.45) is 3.01. The summed E-state index contributed by atoms with van der Waals surface area (Å²) < 4.78 is 11.0. The van der Waals surface area contributed by atoms with Gasteiger partial charge in [0.1, 0.15) is 0 Å². The highest BCUT2D eigenvalue weighted by Gasteiger charge is 2.04. The van der Waals surface area contributed by atoms with Crippen molar-refractivity contribution in [3.63, 3.8) is 0 Å². The van der Waals surface area contributed by atoms with E-state index in [-0.39, 0.29) is 12.8 Å². The van der Waals surface area contributed by atoms with Crippen molar-refractivity contribution in [2.75, 3.05) is 19.9 Å². The van der Waals surface area contributed by atoms with Crippen LogP contribution >= 0.6 is 0 Å². The summed E-state index contributed by atoms with van der Waals surface area (Å²) in [6, 6.07) is 17.5. The Kier molecular flexibility index (Phi) is 8.18. The fourth-order valence-corrected chi connectivity index (χ4v) is 2.39. The number of ether oxygens (including phenoxy) is 2. The molecule has 0 aliphatic carbocycles. The second-order valence-corrected chi connectivity index (χ2v) is 5.54. The zero-order chi connectivity index (χ0) is 17.7. The fraction of sp³-hybridized carbons (Fsp3) is 0.350. The predicted molar refractivity (Wildman–Crippen MR) is 99.0 cm³/mol. The number of carbonyl (C=O) groups is 1. The first-order chi connectivity index (χ1) is 12.3. The first kappa shape index (κ1) is 18.6. The molecule has 5 nitrogen and oxygen atoms in total. The van der Waals surface area contributed by atoms with Crippen LogP contribution in [-0.2, 0) is 6.42 Å². The van der Waals surface area contributed by atoms with Crippen LogP contribution in [0.2, 0.25) is 0 Å². The highest BCUT2D eigenvalue weighted by Crippen LogP contribution is 2.25. The maximum Gasteiger partial charge on any atom is 0.317 e. The molecule has 2 aromatic carbocycles. The zero-order valence-corrected chi connectivity index (χ0v) is 14.7. The Hall–Kier alpha value is -2.69. The molecule has 0 bridgehead atoms. The molecule has 0 heterocycles. The van der Waals surface area contributed by atoms with Crippen LogP contribution < -0.4 is 20.1 Å². The Morgan fingerprint density at radius 3 is 2.28 bits per heavy atom. The van der Waals surface area contributed by atoms with E-state index < -0.39 is 0 Å². The van der Waals surface area contributed by atoms with Gasteiger partial charge in [0, 0.05) is 6.54 Å². The smallest absolute Gasteiger partial charge is 0.317 e. The van der Waals surface area contributed by atoms with Crippen LogP contribution in [-0.4, -0.2) is 25.9 Å². The molecule has 0 aromatic heterocycles. The standard InChI is InChI=1S/C20H26N2O3/c1-2-24-18-13-6-7-14-19(18)25-16-22-20(23)21-15-9-8-12-17-10-4-3-5-11-17/h3-7,10-11,13-14H,2,8-9,12,15-16H2,1H3,(H2,21,22,23). The van der Waals surface area contributed by atoms with Crippen LogP contribution in [0.5, 0.6) is 11.5 Å². The number of unbranched alkanes of at least 4 members (excludes halogenated alkanes) is 1. The lowest BCUT2D eigenvalue weighted by molar-refractivity contribution is 0.220. The van der Waals surface area contributed by atoms with Gasteiger partial charge in [0.25, 0.3) is 0 Å². The largest absolute Gasteiger partial charge is 0.490 e. The van der Waals surface area contributed by atoms with Crippen molar-refractivity contribution in [3.05, 3.63) is 60.2 Å². The van der Waals surface area contributed by atoms with E-state index in [2.05, 4.69) is 22.8 Å². The van der Waals surface area contributed by atoms with E-state index in [1.165, 1.54) is 5.56 Å². The van der Waals surface area contributed by atoms with E-state index in [1.807, 2.05) is 49.4 Å². The summed E-state index contributed by atoms with van der Waals surface area (Å²) in [6.45, 7) is 3.23. The molecule has 0 aliphatic heterocycles. The van der Waals surface area contributed by atoms with Crippen LogP contribution in [0.25, 0.3) is 0 Å². The van der Waals surface area contributed by atoms with Crippen molar-refractivity contribution >= 4 is 6.03 Å². The number of urea groups is 1. The minimum absolute atomic E-state index is 0.0972. The monoisotopic (exact) mass is 342 g/mol. The third-order valence-corrected chi connectivity index (χ3v) is 3.63. The lowest BCUT2D eigenvalue weighted by Gasteiger charge is -2.12. The van der Waals surface area contributed by atoms with Gasteiger partial charge in [-0.15, -0.1) is 0 Å². The van der Waals surface area contributed by atoms with Gasteiger partial charge in [-0.2, -0.15) is 0 Å². The Labute approximate surface area is 149 Å². The number of carbonyl (C=O) groups excluding carboxylic acids is 1. The number of benzene rings is 2. The first-order valence-electron chi connectivity index (χ1n) is 8.70. The zero-order valence-electron chi connectivity index (χ0n) is 14.7. The number of aryl methyl sites for hydroxylation is 1.